The van der Waals surface area contributed by atoms with Gasteiger partial charge in [-0.3, -0.25) is 4.79 Å². The molecule has 9 heteroatoms. The van der Waals surface area contributed by atoms with Crippen LogP contribution in [0.15, 0.2) is 87.6 Å². The molecule has 4 rings (SSSR count). The standard InChI is InChI=1S/C26H13ClF3NO4/c27-18-8-6-16(7-9-18)22-23(32)20-11-10-19(13-21(20)35-24(22)26(28,29)30)34-25(33)17(14-31)12-15-4-2-1-3-5-15/h1-13H/b17-12-. The summed E-state index contributed by atoms with van der Waals surface area (Å²) in [7, 11) is 0. The van der Waals surface area contributed by atoms with Crippen molar-refractivity contribution in [2.75, 3.05) is 0 Å². The van der Waals surface area contributed by atoms with Gasteiger partial charge in [0.15, 0.2) is 0 Å². The van der Waals surface area contributed by atoms with Crippen LogP contribution in [0.5, 0.6) is 5.75 Å². The lowest BCUT2D eigenvalue weighted by atomic mass is 10.0. The average molecular weight is 496 g/mol. The molecule has 0 saturated heterocycles. The molecule has 0 aliphatic carbocycles. The first kappa shape index (κ1) is 23.8. The number of nitrogens with zero attached hydrogens (tertiary/aromatic N) is 1. The predicted octanol–water partition coefficient (Wildman–Crippen LogP) is 6.64. The van der Waals surface area contributed by atoms with Crippen LogP contribution in [0.4, 0.5) is 13.2 Å². The third kappa shape index (κ3) is 5.10. The quantitative estimate of drug-likeness (QED) is 0.137. The minimum absolute atomic E-state index is 0.0161. The number of carbonyl (C=O) groups is 1. The highest BCUT2D eigenvalue weighted by molar-refractivity contribution is 6.30. The van der Waals surface area contributed by atoms with Gasteiger partial charge in [0.1, 0.15) is 23.0 Å². The zero-order chi connectivity index (χ0) is 25.2. The van der Waals surface area contributed by atoms with Crippen molar-refractivity contribution in [3.05, 3.63) is 105 Å². The molecule has 3 aromatic carbocycles. The first-order valence-corrected chi connectivity index (χ1v) is 10.4. The molecule has 0 fully saturated rings. The van der Waals surface area contributed by atoms with Crippen LogP contribution in [-0.4, -0.2) is 5.97 Å². The predicted molar refractivity (Wildman–Crippen MR) is 124 cm³/mol. The Balaban J connectivity index is 1.76. The Kier molecular flexibility index (Phi) is 6.45. The van der Waals surface area contributed by atoms with Crippen molar-refractivity contribution in [2.45, 2.75) is 6.18 Å². The number of rotatable bonds is 4. The lowest BCUT2D eigenvalue weighted by molar-refractivity contribution is -0.152. The number of esters is 1. The van der Waals surface area contributed by atoms with Crippen molar-refractivity contribution in [1.82, 2.24) is 0 Å². The molecule has 0 spiro atoms. The van der Waals surface area contributed by atoms with Crippen molar-refractivity contribution in [2.24, 2.45) is 0 Å². The second-order valence-electron chi connectivity index (χ2n) is 7.27. The minimum Gasteiger partial charge on any atom is -0.450 e. The second kappa shape index (κ2) is 9.49. The molecule has 174 valence electrons. The fourth-order valence-corrected chi connectivity index (χ4v) is 3.46. The van der Waals surface area contributed by atoms with Crippen LogP contribution < -0.4 is 10.2 Å². The molecule has 0 aliphatic rings. The number of hydrogen-bond donors (Lipinski definition) is 0. The first-order valence-electron chi connectivity index (χ1n) is 10.0. The second-order valence-corrected chi connectivity index (χ2v) is 7.70. The number of benzene rings is 3. The summed E-state index contributed by atoms with van der Waals surface area (Å²) in [5.74, 6) is -2.72. The average Bonchev–Trinajstić information content (AvgIpc) is 2.83. The molecule has 1 heterocycles. The first-order chi connectivity index (χ1) is 16.7. The molecule has 0 bridgehead atoms. The highest BCUT2D eigenvalue weighted by Gasteiger charge is 2.39. The molecule has 35 heavy (non-hydrogen) atoms. The number of nitriles is 1. The van der Waals surface area contributed by atoms with Gasteiger partial charge in [-0.25, -0.2) is 4.79 Å². The maximum absolute atomic E-state index is 13.8. The fourth-order valence-electron chi connectivity index (χ4n) is 3.33. The molecule has 0 radical (unpaired) electrons. The van der Waals surface area contributed by atoms with Gasteiger partial charge < -0.3 is 9.15 Å². The van der Waals surface area contributed by atoms with E-state index in [1.54, 1.807) is 36.4 Å². The number of ether oxygens (including phenoxy) is 1. The largest absolute Gasteiger partial charge is 0.450 e. The van der Waals surface area contributed by atoms with Crippen LogP contribution in [-0.2, 0) is 11.0 Å². The van der Waals surface area contributed by atoms with Crippen LogP contribution in [0.2, 0.25) is 5.02 Å². The van der Waals surface area contributed by atoms with E-state index >= 15 is 0 Å². The molecule has 0 saturated carbocycles. The zero-order valence-corrected chi connectivity index (χ0v) is 18.4. The molecule has 5 nitrogen and oxygen atoms in total. The number of alkyl halides is 3. The lowest BCUT2D eigenvalue weighted by Gasteiger charge is -2.13. The number of hydrogen-bond acceptors (Lipinski definition) is 5. The smallest absolute Gasteiger partial charge is 0.450 e. The molecule has 4 aromatic rings. The summed E-state index contributed by atoms with van der Waals surface area (Å²) >= 11 is 5.81. The van der Waals surface area contributed by atoms with Crippen molar-refractivity contribution in [3.63, 3.8) is 0 Å². The summed E-state index contributed by atoms with van der Waals surface area (Å²) in [6.45, 7) is 0. The Morgan fingerprint density at radius 2 is 1.71 bits per heavy atom. The van der Waals surface area contributed by atoms with Gasteiger partial charge in [-0.05, 0) is 41.5 Å². The molecule has 0 atom stereocenters. The highest BCUT2D eigenvalue weighted by Crippen LogP contribution is 2.38. The summed E-state index contributed by atoms with van der Waals surface area (Å²) in [6, 6.07) is 19.0. The van der Waals surface area contributed by atoms with E-state index in [-0.39, 0.29) is 27.3 Å². The van der Waals surface area contributed by atoms with E-state index < -0.39 is 34.5 Å². The van der Waals surface area contributed by atoms with Gasteiger partial charge in [-0.15, -0.1) is 0 Å². The van der Waals surface area contributed by atoms with Gasteiger partial charge in [0, 0.05) is 11.1 Å². The van der Waals surface area contributed by atoms with Crippen molar-refractivity contribution in [3.8, 4) is 22.9 Å². The Bertz CT molecular complexity index is 1550. The van der Waals surface area contributed by atoms with Crippen molar-refractivity contribution < 1.29 is 27.1 Å². The molecule has 0 N–H and O–H groups in total. The molecule has 0 amide bonds. The monoisotopic (exact) mass is 495 g/mol. The van der Waals surface area contributed by atoms with E-state index in [2.05, 4.69) is 0 Å². The van der Waals surface area contributed by atoms with E-state index in [1.165, 1.54) is 42.5 Å². The Hall–Kier alpha value is -4.35. The van der Waals surface area contributed by atoms with E-state index in [0.29, 0.717) is 5.56 Å². The molecular formula is C26H13ClF3NO4. The minimum atomic E-state index is -4.98. The zero-order valence-electron chi connectivity index (χ0n) is 17.6. The summed E-state index contributed by atoms with van der Waals surface area (Å²) < 4.78 is 51.7. The fraction of sp³-hybridized carbons (Fsp3) is 0.0385. The Morgan fingerprint density at radius 3 is 2.34 bits per heavy atom. The van der Waals surface area contributed by atoms with Crippen LogP contribution >= 0.6 is 11.6 Å². The maximum Gasteiger partial charge on any atom is 0.450 e. The van der Waals surface area contributed by atoms with E-state index in [0.717, 1.165) is 6.07 Å². The van der Waals surface area contributed by atoms with E-state index in [1.807, 2.05) is 0 Å². The van der Waals surface area contributed by atoms with Crippen LogP contribution in [0.1, 0.15) is 11.3 Å². The van der Waals surface area contributed by atoms with Crippen LogP contribution in [0.25, 0.3) is 28.2 Å². The van der Waals surface area contributed by atoms with Gasteiger partial charge in [0.05, 0.1) is 10.9 Å². The van der Waals surface area contributed by atoms with Gasteiger partial charge in [0.2, 0.25) is 11.2 Å². The topological polar surface area (TPSA) is 80.3 Å². The Labute approximate surface area is 201 Å². The van der Waals surface area contributed by atoms with Crippen LogP contribution in [0, 0.1) is 11.3 Å². The van der Waals surface area contributed by atoms with Gasteiger partial charge in [-0.2, -0.15) is 18.4 Å². The summed E-state index contributed by atoms with van der Waals surface area (Å²) in [5.41, 5.74) is -1.78. The van der Waals surface area contributed by atoms with Gasteiger partial charge >= 0.3 is 12.1 Å². The number of fused-ring (bicyclic) bond motifs is 1. The lowest BCUT2D eigenvalue weighted by Crippen LogP contribution is -2.16. The maximum atomic E-state index is 13.8. The van der Waals surface area contributed by atoms with Crippen LogP contribution in [0.3, 0.4) is 0 Å². The molecule has 0 unspecified atom stereocenters. The molecule has 0 aliphatic heterocycles. The SMILES string of the molecule is N#C/C(=C/c1ccccc1)C(=O)Oc1ccc2c(=O)c(-c3ccc(Cl)cc3)c(C(F)(F)F)oc2c1. The number of carbonyl (C=O) groups excluding carboxylic acids is 1. The third-order valence-electron chi connectivity index (χ3n) is 4.92. The Morgan fingerprint density at radius 1 is 1.03 bits per heavy atom. The summed E-state index contributed by atoms with van der Waals surface area (Å²) in [6.07, 6.45) is -3.68. The molecule has 1 aromatic heterocycles. The third-order valence-corrected chi connectivity index (χ3v) is 5.17. The van der Waals surface area contributed by atoms with E-state index in [9.17, 15) is 28.0 Å². The van der Waals surface area contributed by atoms with Crippen molar-refractivity contribution in [1.29, 1.82) is 5.26 Å². The van der Waals surface area contributed by atoms with E-state index in [4.69, 9.17) is 20.8 Å². The normalized spacial score (nSPS) is 11.8. The number of halogens is 4. The van der Waals surface area contributed by atoms with Crippen molar-refractivity contribution >= 4 is 34.6 Å². The highest BCUT2D eigenvalue weighted by atomic mass is 35.5. The van der Waals surface area contributed by atoms with Gasteiger partial charge in [-0.1, -0.05) is 54.1 Å². The summed E-state index contributed by atoms with van der Waals surface area (Å²) in [5, 5.41) is 9.45. The summed E-state index contributed by atoms with van der Waals surface area (Å²) in [4.78, 5) is 25.5. The molecular weight excluding hydrogens is 483 g/mol. The van der Waals surface area contributed by atoms with Gasteiger partial charge in [0.25, 0.3) is 0 Å².